The Morgan fingerprint density at radius 1 is 0.907 bits per heavy atom. The number of nitrogen functional groups attached to an aromatic ring is 1. The monoisotopic (exact) mass is 589 g/mol. The van der Waals surface area contributed by atoms with Crippen molar-refractivity contribution in [1.82, 2.24) is 4.90 Å². The highest BCUT2D eigenvalue weighted by Crippen LogP contribution is 2.43. The molecule has 0 saturated carbocycles. The van der Waals surface area contributed by atoms with Crippen LogP contribution in [0.2, 0.25) is 0 Å². The summed E-state index contributed by atoms with van der Waals surface area (Å²) in [6.07, 6.45) is 15.8. The summed E-state index contributed by atoms with van der Waals surface area (Å²) in [6.45, 7) is 3.70. The molecule has 1 atom stereocenters. The molecule has 4 nitrogen and oxygen atoms in total. The van der Waals surface area contributed by atoms with E-state index in [0.717, 1.165) is 105 Å². The van der Waals surface area contributed by atoms with Crippen molar-refractivity contribution in [2.24, 2.45) is 0 Å². The molecule has 2 fully saturated rings. The Kier molecular flexibility index (Phi) is 9.27. The van der Waals surface area contributed by atoms with Crippen LogP contribution in [0, 0.1) is 11.6 Å². The summed E-state index contributed by atoms with van der Waals surface area (Å²) >= 11 is 0. The lowest BCUT2D eigenvalue weighted by atomic mass is 9.86. The van der Waals surface area contributed by atoms with Crippen molar-refractivity contribution in [3.05, 3.63) is 94.3 Å². The maximum atomic E-state index is 16.0. The van der Waals surface area contributed by atoms with Crippen LogP contribution in [0.1, 0.15) is 68.1 Å². The molecule has 0 unspecified atom stereocenters. The molecule has 43 heavy (non-hydrogen) atoms. The highest BCUT2D eigenvalue weighted by molar-refractivity contribution is 6.01. The Morgan fingerprint density at radius 2 is 1.74 bits per heavy atom. The average Bonchev–Trinajstić information content (AvgIpc) is 3.22. The predicted octanol–water partition coefficient (Wildman–Crippen LogP) is 8.01. The van der Waals surface area contributed by atoms with Gasteiger partial charge in [-0.15, -0.1) is 0 Å². The molecule has 2 aliphatic heterocycles. The lowest BCUT2D eigenvalue weighted by Gasteiger charge is -2.29. The number of fused-ring (bicyclic) bond motifs is 1. The number of hydrogen-bond donors (Lipinski definition) is 1. The first-order valence-electron chi connectivity index (χ1n) is 15.9. The number of anilines is 2. The van der Waals surface area contributed by atoms with Crippen LogP contribution in [0.25, 0.3) is 11.1 Å². The van der Waals surface area contributed by atoms with Gasteiger partial charge in [0.15, 0.2) is 11.6 Å². The van der Waals surface area contributed by atoms with Crippen LogP contribution < -0.4 is 10.6 Å². The third-order valence-electron chi connectivity index (χ3n) is 9.17. The fraction of sp³-hybridized carbons (Fsp3) is 0.444. The molecule has 0 aromatic heterocycles. The van der Waals surface area contributed by atoms with Gasteiger partial charge in [-0.1, -0.05) is 24.3 Å². The summed E-state index contributed by atoms with van der Waals surface area (Å²) < 4.78 is 50.8. The quantitative estimate of drug-likeness (QED) is 0.317. The van der Waals surface area contributed by atoms with Gasteiger partial charge in [-0.25, -0.2) is 8.78 Å². The van der Waals surface area contributed by atoms with Crippen molar-refractivity contribution in [3.63, 3.8) is 0 Å². The predicted molar refractivity (Wildman–Crippen MR) is 169 cm³/mol. The van der Waals surface area contributed by atoms with Crippen LogP contribution in [0.3, 0.4) is 0 Å². The number of ether oxygens (including phenoxy) is 1. The topological polar surface area (TPSA) is 41.7 Å². The van der Waals surface area contributed by atoms with Gasteiger partial charge < -0.3 is 15.4 Å². The molecule has 0 spiro atoms. The normalized spacial score (nSPS) is 21.3. The largest absolute Gasteiger partial charge is 0.493 e. The molecular weight excluding hydrogens is 547 g/mol. The zero-order chi connectivity index (χ0) is 29.8. The van der Waals surface area contributed by atoms with Crippen molar-refractivity contribution in [3.8, 4) is 0 Å². The molecule has 228 valence electrons. The van der Waals surface area contributed by atoms with E-state index in [-0.39, 0.29) is 12.8 Å². The number of hydrogen-bond acceptors (Lipinski definition) is 4. The molecule has 0 amide bonds. The summed E-state index contributed by atoms with van der Waals surface area (Å²) in [5, 5.41) is 0. The number of halogens is 3. The number of nitrogens with two attached hydrogens (primary N) is 1. The Balaban J connectivity index is 1.37. The van der Waals surface area contributed by atoms with Crippen LogP contribution in [0.15, 0.2) is 66.0 Å². The fourth-order valence-electron chi connectivity index (χ4n) is 7.01. The summed E-state index contributed by atoms with van der Waals surface area (Å²) in [5.41, 5.74) is 12.4. The van der Waals surface area contributed by atoms with Crippen molar-refractivity contribution in [2.45, 2.75) is 63.9 Å². The summed E-state index contributed by atoms with van der Waals surface area (Å²) in [7, 11) is 0. The van der Waals surface area contributed by atoms with E-state index in [1.165, 1.54) is 0 Å². The van der Waals surface area contributed by atoms with Gasteiger partial charge in [-0.2, -0.15) is 0 Å². The van der Waals surface area contributed by atoms with E-state index >= 15 is 8.78 Å². The van der Waals surface area contributed by atoms with E-state index in [1.807, 2.05) is 35.3 Å². The molecule has 2 heterocycles. The van der Waals surface area contributed by atoms with Gasteiger partial charge in [0, 0.05) is 50.4 Å². The molecule has 4 aliphatic rings. The summed E-state index contributed by atoms with van der Waals surface area (Å²) in [5.74, 6) is -0.656. The maximum absolute atomic E-state index is 16.0. The smallest absolute Gasteiger partial charge is 0.182 e. The highest BCUT2D eigenvalue weighted by Gasteiger charge is 2.27. The molecule has 2 aromatic rings. The lowest BCUT2D eigenvalue weighted by molar-refractivity contribution is 0.117. The van der Waals surface area contributed by atoms with Gasteiger partial charge in [-0.05, 0) is 110 Å². The molecule has 0 radical (unpaired) electrons. The SMILES string of the molecule is Nc1ccc2c(c1)CCCC(c1ccc(N3CCCCC3)c(F)c1F)=C2C1=CC=C(O[C@H]2CCN(CCCF)C2)CC=C1. The molecule has 2 aliphatic carbocycles. The van der Waals surface area contributed by atoms with Crippen LogP contribution in [0.4, 0.5) is 24.5 Å². The Labute approximate surface area is 253 Å². The van der Waals surface area contributed by atoms with Crippen molar-refractivity contribution in [2.75, 3.05) is 50.0 Å². The summed E-state index contributed by atoms with van der Waals surface area (Å²) in [4.78, 5) is 4.23. The van der Waals surface area contributed by atoms with E-state index in [2.05, 4.69) is 17.1 Å². The van der Waals surface area contributed by atoms with Crippen LogP contribution >= 0.6 is 0 Å². The lowest BCUT2D eigenvalue weighted by Crippen LogP contribution is -2.30. The van der Waals surface area contributed by atoms with Crippen molar-refractivity contribution in [1.29, 1.82) is 0 Å². The van der Waals surface area contributed by atoms with Crippen molar-refractivity contribution < 1.29 is 17.9 Å². The molecule has 7 heteroatoms. The molecule has 2 N–H and O–H groups in total. The number of benzene rings is 2. The Bertz CT molecular complexity index is 1450. The highest BCUT2D eigenvalue weighted by atomic mass is 19.2. The zero-order valence-electron chi connectivity index (χ0n) is 24.9. The van der Waals surface area contributed by atoms with Crippen LogP contribution in [-0.2, 0) is 11.2 Å². The molecule has 6 rings (SSSR count). The fourth-order valence-corrected chi connectivity index (χ4v) is 7.01. The second-order valence-electron chi connectivity index (χ2n) is 12.2. The maximum Gasteiger partial charge on any atom is 0.182 e. The van der Waals surface area contributed by atoms with Gasteiger partial charge >= 0.3 is 0 Å². The molecule has 2 saturated heterocycles. The van der Waals surface area contributed by atoms with E-state index in [0.29, 0.717) is 36.2 Å². The number of rotatable bonds is 8. The van der Waals surface area contributed by atoms with Gasteiger partial charge in [0.05, 0.1) is 12.4 Å². The molecule has 2 aromatic carbocycles. The number of alkyl halides is 1. The van der Waals surface area contributed by atoms with Crippen LogP contribution in [-0.4, -0.2) is 50.4 Å². The van der Waals surface area contributed by atoms with Gasteiger partial charge in [0.1, 0.15) is 11.9 Å². The Hall–Kier alpha value is -3.45. The van der Waals surface area contributed by atoms with Gasteiger partial charge in [0.25, 0.3) is 0 Å². The average molecular weight is 590 g/mol. The minimum absolute atomic E-state index is 0.0843. The number of aryl methyl sites for hydroxylation is 1. The molecular formula is C36H42F3N3O. The number of allylic oxidation sites excluding steroid dienone is 7. The first kappa shape index (κ1) is 29.6. The summed E-state index contributed by atoms with van der Waals surface area (Å²) in [6, 6.07) is 9.46. The molecule has 0 bridgehead atoms. The third-order valence-corrected chi connectivity index (χ3v) is 9.17. The Morgan fingerprint density at radius 3 is 2.58 bits per heavy atom. The minimum atomic E-state index is -0.772. The van der Waals surface area contributed by atoms with E-state index < -0.39 is 11.6 Å². The standard InChI is InChI=1S/C36H42F3N3O/c37-18-6-19-41-22-17-29(24-41)43-28-9-4-7-25(11-13-28)34-30-14-12-27(40)23-26(30)8-5-10-31(34)32-15-16-33(36(39)35(32)38)42-20-2-1-3-21-42/h4,7,11-16,23,29H,1-3,5-6,8-10,17-22,24,40H2/t29-/m0/s1. The van der Waals surface area contributed by atoms with Gasteiger partial charge in [0.2, 0.25) is 0 Å². The number of likely N-dealkylation sites (tertiary alicyclic amines) is 1. The first-order valence-corrected chi connectivity index (χ1v) is 15.9. The van der Waals surface area contributed by atoms with Crippen molar-refractivity contribution >= 4 is 22.5 Å². The van der Waals surface area contributed by atoms with Crippen LogP contribution in [0.5, 0.6) is 0 Å². The first-order chi connectivity index (χ1) is 21.0. The van der Waals surface area contributed by atoms with Gasteiger partial charge in [-0.3, -0.25) is 9.29 Å². The third kappa shape index (κ3) is 6.57. The minimum Gasteiger partial charge on any atom is -0.493 e. The number of piperidine rings is 1. The second-order valence-corrected chi connectivity index (χ2v) is 12.2. The number of nitrogens with zero attached hydrogens (tertiary/aromatic N) is 2. The van der Waals surface area contributed by atoms with E-state index in [1.54, 1.807) is 12.1 Å². The van der Waals surface area contributed by atoms with E-state index in [9.17, 15) is 4.39 Å². The van der Waals surface area contributed by atoms with E-state index in [4.69, 9.17) is 10.5 Å². The second kappa shape index (κ2) is 13.5. The zero-order valence-corrected chi connectivity index (χ0v) is 24.9.